The second kappa shape index (κ2) is 12.2. The van der Waals surface area contributed by atoms with Gasteiger partial charge in [0, 0.05) is 28.2 Å². The monoisotopic (exact) mass is 740 g/mol. The first-order valence-corrected chi connectivity index (χ1v) is 20.4. The molecule has 0 saturated heterocycles. The number of fused-ring (bicyclic) bond motifs is 13. The minimum Gasteiger partial charge on any atom is -0.310 e. The van der Waals surface area contributed by atoms with Gasteiger partial charge >= 0.3 is 0 Å². The zero-order valence-corrected chi connectivity index (χ0v) is 32.5. The van der Waals surface area contributed by atoms with Crippen molar-refractivity contribution in [2.24, 2.45) is 0 Å². The van der Waals surface area contributed by atoms with E-state index >= 15 is 0 Å². The minimum absolute atomic E-state index is 0.124. The third kappa shape index (κ3) is 4.43. The fourth-order valence-electron chi connectivity index (χ4n) is 10.7. The van der Waals surface area contributed by atoms with Gasteiger partial charge in [-0.05, 0) is 127 Å². The Bertz CT molecular complexity index is 3070. The standard InChI is InChI=1S/C56H40N2/c1-55(2)47-22-10-8-20-43(47)45-32-30-41(35-51(45)55)57(40-29-28-37-16-6-7-17-38(37)34-40)42-31-33-46-44-21-9-11-23-48(44)56(52(46)36-42)49-24-12-14-26-53(49)58(39-18-4-3-5-19-39)54-27-15-13-25-50(54)56/h3-36H,1-2H3. The molecule has 274 valence electrons. The van der Waals surface area contributed by atoms with Crippen molar-refractivity contribution in [2.45, 2.75) is 24.7 Å². The SMILES string of the molecule is CC1(C)c2ccccc2-c2ccc(N(c3ccc4c(c3)C3(c5ccccc5-4)c4ccccc4N(c4ccccc4)c4ccccc43)c3ccc4ccccc4c3)cc21. The van der Waals surface area contributed by atoms with Crippen molar-refractivity contribution in [1.82, 2.24) is 0 Å². The molecule has 12 rings (SSSR count). The van der Waals surface area contributed by atoms with Crippen molar-refractivity contribution in [1.29, 1.82) is 0 Å². The van der Waals surface area contributed by atoms with Crippen LogP contribution in [-0.4, -0.2) is 0 Å². The van der Waals surface area contributed by atoms with Gasteiger partial charge in [0.2, 0.25) is 0 Å². The average molecular weight is 741 g/mol. The van der Waals surface area contributed by atoms with E-state index in [4.69, 9.17) is 0 Å². The van der Waals surface area contributed by atoms with Crippen LogP contribution < -0.4 is 9.80 Å². The van der Waals surface area contributed by atoms with Crippen LogP contribution in [0.15, 0.2) is 206 Å². The predicted octanol–water partition coefficient (Wildman–Crippen LogP) is 14.8. The highest BCUT2D eigenvalue weighted by Crippen LogP contribution is 2.64. The lowest BCUT2D eigenvalue weighted by atomic mass is 9.64. The molecule has 3 aliphatic rings. The van der Waals surface area contributed by atoms with Crippen molar-refractivity contribution >= 4 is 44.9 Å². The summed E-state index contributed by atoms with van der Waals surface area (Å²) in [6, 6.07) is 76.9. The van der Waals surface area contributed by atoms with Crippen LogP contribution in [0.25, 0.3) is 33.0 Å². The molecule has 2 aliphatic carbocycles. The predicted molar refractivity (Wildman–Crippen MR) is 242 cm³/mol. The van der Waals surface area contributed by atoms with Crippen LogP contribution in [0.2, 0.25) is 0 Å². The van der Waals surface area contributed by atoms with Crippen LogP contribution in [0.3, 0.4) is 0 Å². The second-order valence-corrected chi connectivity index (χ2v) is 16.5. The van der Waals surface area contributed by atoms with E-state index < -0.39 is 5.41 Å². The molecule has 0 radical (unpaired) electrons. The lowest BCUT2D eigenvalue weighted by Gasteiger charge is -2.45. The summed E-state index contributed by atoms with van der Waals surface area (Å²) < 4.78 is 0. The van der Waals surface area contributed by atoms with E-state index in [1.165, 1.54) is 77.8 Å². The van der Waals surface area contributed by atoms with Crippen molar-refractivity contribution < 1.29 is 0 Å². The number of benzene rings is 9. The van der Waals surface area contributed by atoms with E-state index in [1.54, 1.807) is 0 Å². The third-order valence-corrected chi connectivity index (χ3v) is 13.2. The molecule has 1 heterocycles. The molecular formula is C56H40N2. The summed E-state index contributed by atoms with van der Waals surface area (Å²) in [5.74, 6) is 0. The summed E-state index contributed by atoms with van der Waals surface area (Å²) in [4.78, 5) is 4.94. The molecule has 58 heavy (non-hydrogen) atoms. The Labute approximate surface area is 339 Å². The minimum atomic E-state index is -0.545. The van der Waals surface area contributed by atoms with Crippen LogP contribution in [0.5, 0.6) is 0 Å². The Kier molecular flexibility index (Phi) is 6.93. The molecule has 2 nitrogen and oxygen atoms in total. The molecule has 9 aromatic rings. The number of para-hydroxylation sites is 3. The summed E-state index contributed by atoms with van der Waals surface area (Å²) >= 11 is 0. The van der Waals surface area contributed by atoms with Crippen LogP contribution in [0, 0.1) is 0 Å². The molecule has 1 aliphatic heterocycles. The van der Waals surface area contributed by atoms with Gasteiger partial charge in [0.15, 0.2) is 0 Å². The van der Waals surface area contributed by atoms with E-state index in [2.05, 4.69) is 230 Å². The van der Waals surface area contributed by atoms with Gasteiger partial charge in [-0.2, -0.15) is 0 Å². The van der Waals surface area contributed by atoms with E-state index in [-0.39, 0.29) is 5.41 Å². The number of anilines is 6. The van der Waals surface area contributed by atoms with Crippen LogP contribution in [-0.2, 0) is 10.8 Å². The largest absolute Gasteiger partial charge is 0.310 e. The molecular weight excluding hydrogens is 701 g/mol. The Hall–Kier alpha value is -7.16. The zero-order valence-electron chi connectivity index (χ0n) is 32.5. The molecule has 0 N–H and O–H groups in total. The normalized spacial score (nSPS) is 14.6. The molecule has 0 aromatic heterocycles. The van der Waals surface area contributed by atoms with Crippen LogP contribution >= 0.6 is 0 Å². The van der Waals surface area contributed by atoms with Gasteiger partial charge in [-0.3, -0.25) is 0 Å². The van der Waals surface area contributed by atoms with Crippen molar-refractivity contribution in [3.63, 3.8) is 0 Å². The number of rotatable bonds is 4. The van der Waals surface area contributed by atoms with E-state index in [0.717, 1.165) is 22.7 Å². The maximum atomic E-state index is 2.50. The average Bonchev–Trinajstić information content (AvgIpc) is 3.69. The fraction of sp³-hybridized carbons (Fsp3) is 0.0714. The van der Waals surface area contributed by atoms with Crippen molar-refractivity contribution in [3.8, 4) is 22.3 Å². The molecule has 0 atom stereocenters. The molecule has 0 fully saturated rings. The van der Waals surface area contributed by atoms with Crippen LogP contribution in [0.4, 0.5) is 34.1 Å². The van der Waals surface area contributed by atoms with Crippen molar-refractivity contribution in [3.05, 3.63) is 240 Å². The van der Waals surface area contributed by atoms with Gasteiger partial charge in [-0.25, -0.2) is 0 Å². The summed E-state index contributed by atoms with van der Waals surface area (Å²) in [5.41, 5.74) is 19.5. The van der Waals surface area contributed by atoms with Gasteiger partial charge in [0.05, 0.1) is 16.8 Å². The Morgan fingerprint density at radius 1 is 0.345 bits per heavy atom. The molecule has 0 saturated carbocycles. The van der Waals surface area contributed by atoms with Crippen molar-refractivity contribution in [2.75, 3.05) is 9.80 Å². The molecule has 9 aromatic carbocycles. The highest BCUT2D eigenvalue weighted by molar-refractivity contribution is 5.98. The Balaban J connectivity index is 1.13. The van der Waals surface area contributed by atoms with Gasteiger partial charge in [-0.15, -0.1) is 0 Å². The number of nitrogens with zero attached hydrogens (tertiary/aromatic N) is 2. The second-order valence-electron chi connectivity index (χ2n) is 16.5. The Morgan fingerprint density at radius 3 is 1.50 bits per heavy atom. The topological polar surface area (TPSA) is 6.48 Å². The summed E-state index contributed by atoms with van der Waals surface area (Å²) in [7, 11) is 0. The molecule has 1 spiro atoms. The number of hydrogen-bond acceptors (Lipinski definition) is 2. The van der Waals surface area contributed by atoms with Crippen LogP contribution in [0.1, 0.15) is 47.2 Å². The molecule has 0 bridgehead atoms. The Morgan fingerprint density at radius 2 is 0.810 bits per heavy atom. The smallest absolute Gasteiger partial charge is 0.0755 e. The third-order valence-electron chi connectivity index (χ3n) is 13.2. The molecule has 2 heteroatoms. The quantitative estimate of drug-likeness (QED) is 0.177. The fourth-order valence-corrected chi connectivity index (χ4v) is 10.7. The zero-order chi connectivity index (χ0) is 38.6. The maximum Gasteiger partial charge on any atom is 0.0755 e. The first kappa shape index (κ1) is 33.0. The van der Waals surface area contributed by atoms with E-state index in [1.807, 2.05) is 0 Å². The van der Waals surface area contributed by atoms with Gasteiger partial charge < -0.3 is 9.80 Å². The molecule has 0 unspecified atom stereocenters. The lowest BCUT2D eigenvalue weighted by Crippen LogP contribution is -2.36. The number of hydrogen-bond donors (Lipinski definition) is 0. The first-order chi connectivity index (χ1) is 28.5. The summed E-state index contributed by atoms with van der Waals surface area (Å²) in [5, 5.41) is 2.46. The molecule has 0 amide bonds. The van der Waals surface area contributed by atoms with E-state index in [9.17, 15) is 0 Å². The summed E-state index contributed by atoms with van der Waals surface area (Å²) in [6.07, 6.45) is 0. The first-order valence-electron chi connectivity index (χ1n) is 20.4. The maximum absolute atomic E-state index is 2.50. The van der Waals surface area contributed by atoms with Gasteiger partial charge in [0.1, 0.15) is 0 Å². The highest BCUT2D eigenvalue weighted by atomic mass is 15.2. The highest BCUT2D eigenvalue weighted by Gasteiger charge is 2.52. The lowest BCUT2D eigenvalue weighted by molar-refractivity contribution is 0.660. The van der Waals surface area contributed by atoms with E-state index in [0.29, 0.717) is 0 Å². The summed E-state index contributed by atoms with van der Waals surface area (Å²) in [6.45, 7) is 4.74. The van der Waals surface area contributed by atoms with Gasteiger partial charge in [0.25, 0.3) is 0 Å². The van der Waals surface area contributed by atoms with Gasteiger partial charge in [-0.1, -0.05) is 159 Å².